The Morgan fingerprint density at radius 2 is 1.82 bits per heavy atom. The monoisotopic (exact) mass is 449 g/mol. The van der Waals surface area contributed by atoms with Crippen molar-refractivity contribution < 1.29 is 19.1 Å². The van der Waals surface area contributed by atoms with Crippen molar-refractivity contribution in [2.24, 2.45) is 0 Å². The molecule has 0 bridgehead atoms. The maximum absolute atomic E-state index is 13.2. The molecule has 1 unspecified atom stereocenters. The first kappa shape index (κ1) is 21.6. The quantitative estimate of drug-likeness (QED) is 0.701. The molecule has 7 nitrogen and oxygen atoms in total. The number of fused-ring (bicyclic) bond motifs is 1. The van der Waals surface area contributed by atoms with E-state index in [2.05, 4.69) is 10.6 Å². The minimum Gasteiger partial charge on any atom is -0.490 e. The van der Waals surface area contributed by atoms with Gasteiger partial charge in [0.15, 0.2) is 11.5 Å². The van der Waals surface area contributed by atoms with Crippen LogP contribution >= 0.6 is 0 Å². The lowest BCUT2D eigenvalue weighted by atomic mass is 10.0. The molecular weight excluding hydrogens is 418 g/mol. The minimum absolute atomic E-state index is 0.0354. The number of hydrogen-bond acceptors (Lipinski definition) is 5. The number of amides is 2. The maximum atomic E-state index is 13.2. The van der Waals surface area contributed by atoms with Gasteiger partial charge in [0.2, 0.25) is 5.91 Å². The van der Waals surface area contributed by atoms with Crippen molar-refractivity contribution in [3.05, 3.63) is 53.1 Å². The van der Waals surface area contributed by atoms with Crippen molar-refractivity contribution in [3.63, 3.8) is 0 Å². The highest BCUT2D eigenvalue weighted by Crippen LogP contribution is 2.38. The number of aryl methyl sites for hydroxylation is 1. The number of benzene rings is 2. The highest BCUT2D eigenvalue weighted by molar-refractivity contribution is 5.96. The number of rotatable bonds is 6. The van der Waals surface area contributed by atoms with E-state index in [9.17, 15) is 9.59 Å². The lowest BCUT2D eigenvalue weighted by Crippen LogP contribution is -2.35. The molecule has 0 radical (unpaired) electrons. The van der Waals surface area contributed by atoms with Crippen LogP contribution in [-0.2, 0) is 4.79 Å². The van der Waals surface area contributed by atoms with Gasteiger partial charge in [0, 0.05) is 30.3 Å². The first-order chi connectivity index (χ1) is 16.1. The average molecular weight is 450 g/mol. The summed E-state index contributed by atoms with van der Waals surface area (Å²) in [5.74, 6) is 1.53. The number of nitrogens with one attached hydrogen (secondary N) is 2. The highest BCUT2D eigenvalue weighted by atomic mass is 16.5. The van der Waals surface area contributed by atoms with E-state index >= 15 is 0 Å². The fourth-order valence-electron chi connectivity index (χ4n) is 4.52. The molecule has 3 aliphatic rings. The summed E-state index contributed by atoms with van der Waals surface area (Å²) in [7, 11) is 0. The molecule has 2 aromatic carbocycles. The molecule has 5 rings (SSSR count). The van der Waals surface area contributed by atoms with Crippen molar-refractivity contribution >= 4 is 17.5 Å². The molecule has 2 amide bonds. The molecule has 2 N–H and O–H groups in total. The average Bonchev–Trinajstić information content (AvgIpc) is 3.55. The molecular formula is C26H31N3O4. The molecule has 2 fully saturated rings. The normalized spacial score (nSPS) is 19.7. The van der Waals surface area contributed by atoms with Gasteiger partial charge in [-0.3, -0.25) is 9.59 Å². The molecule has 2 heterocycles. The predicted molar refractivity (Wildman–Crippen MR) is 126 cm³/mol. The second-order valence-corrected chi connectivity index (χ2v) is 9.13. The zero-order chi connectivity index (χ0) is 22.8. The summed E-state index contributed by atoms with van der Waals surface area (Å²) in [5.41, 5.74) is 3.53. The summed E-state index contributed by atoms with van der Waals surface area (Å²) in [4.78, 5) is 27.5. The second kappa shape index (κ2) is 9.33. The number of nitrogens with zero attached hydrogens (tertiary/aromatic N) is 1. The third kappa shape index (κ3) is 4.92. The first-order valence-corrected chi connectivity index (χ1v) is 11.9. The van der Waals surface area contributed by atoms with Crippen molar-refractivity contribution in [2.75, 3.05) is 31.6 Å². The Balaban J connectivity index is 1.25. The van der Waals surface area contributed by atoms with Crippen LogP contribution in [0.5, 0.6) is 11.5 Å². The largest absolute Gasteiger partial charge is 0.490 e. The summed E-state index contributed by atoms with van der Waals surface area (Å²) in [6.45, 7) is 4.21. The van der Waals surface area contributed by atoms with Gasteiger partial charge in [-0.25, -0.2) is 0 Å². The Morgan fingerprint density at radius 1 is 1.00 bits per heavy atom. The van der Waals surface area contributed by atoms with Crippen LogP contribution in [0.25, 0.3) is 0 Å². The van der Waals surface area contributed by atoms with Crippen LogP contribution in [0.15, 0.2) is 36.4 Å². The Hall–Kier alpha value is -3.22. The number of anilines is 1. The summed E-state index contributed by atoms with van der Waals surface area (Å²) in [6.07, 6.45) is 4.88. The van der Waals surface area contributed by atoms with E-state index in [1.54, 1.807) is 0 Å². The molecule has 7 heteroatoms. The minimum atomic E-state index is -0.0547. The van der Waals surface area contributed by atoms with Crippen molar-refractivity contribution in [1.29, 1.82) is 0 Å². The molecule has 0 aromatic heterocycles. The van der Waals surface area contributed by atoms with E-state index in [1.807, 2.05) is 48.2 Å². The fourth-order valence-corrected chi connectivity index (χ4v) is 4.52. The van der Waals surface area contributed by atoms with E-state index in [1.165, 1.54) is 0 Å². The van der Waals surface area contributed by atoms with Gasteiger partial charge < -0.3 is 25.0 Å². The third-order valence-electron chi connectivity index (χ3n) is 6.57. The molecule has 0 spiro atoms. The van der Waals surface area contributed by atoms with Crippen LogP contribution in [0.1, 0.15) is 59.6 Å². The zero-order valence-corrected chi connectivity index (χ0v) is 19.1. The van der Waals surface area contributed by atoms with Crippen molar-refractivity contribution in [2.45, 2.75) is 51.1 Å². The number of carbonyl (C=O) groups excluding carboxylic acids is 2. The zero-order valence-electron chi connectivity index (χ0n) is 19.1. The van der Waals surface area contributed by atoms with E-state index in [-0.39, 0.29) is 24.4 Å². The number of hydrogen-bond donors (Lipinski definition) is 2. The molecule has 2 aliphatic heterocycles. The van der Waals surface area contributed by atoms with Crippen LogP contribution in [0.2, 0.25) is 0 Å². The van der Waals surface area contributed by atoms with Crippen molar-refractivity contribution in [1.82, 2.24) is 10.2 Å². The summed E-state index contributed by atoms with van der Waals surface area (Å²) < 4.78 is 11.6. The first-order valence-electron chi connectivity index (χ1n) is 11.9. The standard InChI is InChI=1S/C26H31N3O4/c1-17-5-6-19(26(31)28-20-8-9-20)14-21(17)27-16-25(30)29-11-2-4-22(29)18-7-10-23-24(15-18)33-13-3-12-32-23/h5-7,10,14-15,20,22,27H,2-4,8-9,11-13,16H2,1H3,(H,28,31). The summed E-state index contributed by atoms with van der Waals surface area (Å²) in [5, 5.41) is 6.28. The van der Waals surface area contributed by atoms with E-state index in [0.717, 1.165) is 67.0 Å². The number of carbonyl (C=O) groups is 2. The third-order valence-corrected chi connectivity index (χ3v) is 6.57. The Labute approximate surface area is 194 Å². The van der Waals surface area contributed by atoms with Gasteiger partial charge in [0.05, 0.1) is 25.8 Å². The Bertz CT molecular complexity index is 1050. The second-order valence-electron chi connectivity index (χ2n) is 9.13. The van der Waals surface area contributed by atoms with Crippen LogP contribution < -0.4 is 20.1 Å². The van der Waals surface area contributed by atoms with Gasteiger partial charge in [-0.15, -0.1) is 0 Å². The lowest BCUT2D eigenvalue weighted by Gasteiger charge is -2.26. The topological polar surface area (TPSA) is 79.9 Å². The van der Waals surface area contributed by atoms with Gasteiger partial charge in [0.25, 0.3) is 5.91 Å². The van der Waals surface area contributed by atoms with Crippen LogP contribution in [-0.4, -0.2) is 49.1 Å². The van der Waals surface area contributed by atoms with Gasteiger partial charge in [0.1, 0.15) is 0 Å². The van der Waals surface area contributed by atoms with Crippen LogP contribution in [0.4, 0.5) is 5.69 Å². The Morgan fingerprint density at radius 3 is 2.64 bits per heavy atom. The number of ether oxygens (including phenoxy) is 2. The molecule has 1 saturated heterocycles. The smallest absolute Gasteiger partial charge is 0.251 e. The summed E-state index contributed by atoms with van der Waals surface area (Å²) in [6, 6.07) is 12.0. The number of likely N-dealkylation sites (tertiary alicyclic amines) is 1. The fraction of sp³-hybridized carbons (Fsp3) is 0.462. The lowest BCUT2D eigenvalue weighted by molar-refractivity contribution is -0.130. The van der Waals surface area contributed by atoms with Crippen LogP contribution in [0.3, 0.4) is 0 Å². The highest BCUT2D eigenvalue weighted by Gasteiger charge is 2.30. The van der Waals surface area contributed by atoms with E-state index in [0.29, 0.717) is 24.8 Å². The molecule has 2 aromatic rings. The molecule has 174 valence electrons. The molecule has 1 aliphatic carbocycles. The SMILES string of the molecule is Cc1ccc(C(=O)NC2CC2)cc1NCC(=O)N1CCCC1c1ccc2c(c1)OCCCO2. The molecule has 1 saturated carbocycles. The van der Waals surface area contributed by atoms with Gasteiger partial charge in [-0.1, -0.05) is 12.1 Å². The predicted octanol–water partition coefficient (Wildman–Crippen LogP) is 3.82. The van der Waals surface area contributed by atoms with Crippen LogP contribution in [0, 0.1) is 6.92 Å². The van der Waals surface area contributed by atoms with Gasteiger partial charge in [-0.05, 0) is 68.0 Å². The van der Waals surface area contributed by atoms with E-state index in [4.69, 9.17) is 9.47 Å². The summed E-state index contributed by atoms with van der Waals surface area (Å²) >= 11 is 0. The Kier molecular flexibility index (Phi) is 6.11. The molecule has 33 heavy (non-hydrogen) atoms. The molecule has 1 atom stereocenters. The van der Waals surface area contributed by atoms with E-state index < -0.39 is 0 Å². The maximum Gasteiger partial charge on any atom is 0.251 e. The van der Waals surface area contributed by atoms with Crippen molar-refractivity contribution in [3.8, 4) is 11.5 Å². The van der Waals surface area contributed by atoms with Gasteiger partial charge in [-0.2, -0.15) is 0 Å². The van der Waals surface area contributed by atoms with Gasteiger partial charge >= 0.3 is 0 Å².